The highest BCUT2D eigenvalue weighted by atomic mass is 32.2. The Morgan fingerprint density at radius 1 is 1.32 bits per heavy atom. The van der Waals surface area contributed by atoms with E-state index in [4.69, 9.17) is 9.47 Å². The number of aliphatic hydroxyl groups excluding tert-OH is 1. The first kappa shape index (κ1) is 27.2. The van der Waals surface area contributed by atoms with E-state index in [1.54, 1.807) is 18.0 Å². The van der Waals surface area contributed by atoms with E-state index >= 15 is 0 Å². The van der Waals surface area contributed by atoms with Crippen LogP contribution in [0.25, 0.3) is 6.08 Å². The molecule has 37 heavy (non-hydrogen) atoms. The van der Waals surface area contributed by atoms with Crippen LogP contribution in [0.5, 0.6) is 0 Å². The lowest BCUT2D eigenvalue weighted by Gasteiger charge is -2.46. The molecule has 0 bridgehead atoms. The van der Waals surface area contributed by atoms with Gasteiger partial charge in [0.05, 0.1) is 24.1 Å². The SMILES string of the molecule is C=CCOC(=O)C1=C(S[C@H]2C[C@@H](/C=C/c3ccns3)N(C(=O)OCC=C)C2)[C@H](C)[C@@H]2[C@@H]([C@@H](C)O)C(=O)N12. The van der Waals surface area contributed by atoms with Gasteiger partial charge in [-0.15, -0.1) is 11.8 Å². The van der Waals surface area contributed by atoms with Gasteiger partial charge in [0.2, 0.25) is 5.91 Å². The number of nitrogens with zero attached hydrogens (tertiary/aromatic N) is 3. The number of hydrogen-bond donors (Lipinski definition) is 1. The molecule has 198 valence electrons. The van der Waals surface area contributed by atoms with Crippen molar-refractivity contribution in [3.63, 3.8) is 0 Å². The highest BCUT2D eigenvalue weighted by molar-refractivity contribution is 8.03. The first-order valence-electron chi connectivity index (χ1n) is 12.1. The summed E-state index contributed by atoms with van der Waals surface area (Å²) < 4.78 is 14.8. The number of fused-ring (bicyclic) bond motifs is 1. The fourth-order valence-corrected chi connectivity index (χ4v) is 7.13. The monoisotopic (exact) mass is 545 g/mol. The summed E-state index contributed by atoms with van der Waals surface area (Å²) in [4.78, 5) is 43.6. The van der Waals surface area contributed by atoms with Crippen LogP contribution in [0.15, 0.2) is 54.3 Å². The fourth-order valence-electron chi connectivity index (χ4n) is 5.09. The third-order valence-corrected chi connectivity index (χ3v) is 8.94. The maximum atomic E-state index is 13.0. The Morgan fingerprint density at radius 3 is 2.70 bits per heavy atom. The molecule has 6 atom stereocenters. The second kappa shape index (κ2) is 11.7. The number of β-lactam (4-membered cyclic amide) rings is 1. The summed E-state index contributed by atoms with van der Waals surface area (Å²) in [5.74, 6) is -1.60. The molecule has 2 amide bonds. The first-order chi connectivity index (χ1) is 17.8. The van der Waals surface area contributed by atoms with Crippen molar-refractivity contribution in [3.8, 4) is 0 Å². The van der Waals surface area contributed by atoms with E-state index in [2.05, 4.69) is 17.5 Å². The molecule has 0 unspecified atom stereocenters. The number of aliphatic hydroxyl groups is 1. The van der Waals surface area contributed by atoms with Crippen molar-refractivity contribution >= 4 is 47.3 Å². The van der Waals surface area contributed by atoms with Crippen LogP contribution in [0.1, 0.15) is 25.1 Å². The zero-order chi connectivity index (χ0) is 26.7. The Morgan fingerprint density at radius 2 is 2.05 bits per heavy atom. The van der Waals surface area contributed by atoms with E-state index in [-0.39, 0.29) is 48.1 Å². The van der Waals surface area contributed by atoms with Gasteiger partial charge in [-0.25, -0.2) is 14.0 Å². The number of amides is 2. The van der Waals surface area contributed by atoms with Crippen molar-refractivity contribution in [3.05, 3.63) is 59.1 Å². The minimum Gasteiger partial charge on any atom is -0.457 e. The molecule has 2 fully saturated rings. The zero-order valence-electron chi connectivity index (χ0n) is 20.8. The molecule has 0 aromatic carbocycles. The van der Waals surface area contributed by atoms with Crippen LogP contribution in [0, 0.1) is 11.8 Å². The zero-order valence-corrected chi connectivity index (χ0v) is 22.5. The van der Waals surface area contributed by atoms with Gasteiger partial charge in [0.15, 0.2) is 0 Å². The van der Waals surface area contributed by atoms with Crippen LogP contribution < -0.4 is 0 Å². The van der Waals surface area contributed by atoms with E-state index < -0.39 is 24.1 Å². The molecular formula is C26H31N3O6S2. The van der Waals surface area contributed by atoms with Crippen molar-refractivity contribution in [2.24, 2.45) is 11.8 Å². The Labute approximate surface area is 224 Å². The second-order valence-electron chi connectivity index (χ2n) is 9.19. The third-order valence-electron chi connectivity index (χ3n) is 6.73. The first-order valence-corrected chi connectivity index (χ1v) is 13.8. The summed E-state index contributed by atoms with van der Waals surface area (Å²) >= 11 is 2.86. The van der Waals surface area contributed by atoms with E-state index in [1.165, 1.54) is 40.3 Å². The van der Waals surface area contributed by atoms with Gasteiger partial charge in [0, 0.05) is 33.7 Å². The van der Waals surface area contributed by atoms with Crippen molar-refractivity contribution in [1.29, 1.82) is 0 Å². The summed E-state index contributed by atoms with van der Waals surface area (Å²) in [6.07, 6.45) is 8.00. The number of rotatable bonds is 10. The van der Waals surface area contributed by atoms with Crippen LogP contribution in [0.2, 0.25) is 0 Å². The lowest BCUT2D eigenvalue weighted by molar-refractivity contribution is -0.164. The summed E-state index contributed by atoms with van der Waals surface area (Å²) in [5, 5.41) is 10.2. The largest absolute Gasteiger partial charge is 0.457 e. The molecule has 1 aromatic heterocycles. The quantitative estimate of drug-likeness (QED) is 0.271. The molecule has 0 saturated carbocycles. The third kappa shape index (κ3) is 5.39. The molecule has 11 heteroatoms. The van der Waals surface area contributed by atoms with Gasteiger partial charge in [-0.3, -0.25) is 4.79 Å². The molecule has 4 rings (SSSR count). The number of thioether (sulfide) groups is 1. The maximum Gasteiger partial charge on any atom is 0.410 e. The van der Waals surface area contributed by atoms with E-state index in [9.17, 15) is 19.5 Å². The predicted octanol–water partition coefficient (Wildman–Crippen LogP) is 3.45. The van der Waals surface area contributed by atoms with Gasteiger partial charge < -0.3 is 24.4 Å². The Bertz CT molecular complexity index is 1120. The molecule has 0 spiro atoms. The molecule has 9 nitrogen and oxygen atoms in total. The lowest BCUT2D eigenvalue weighted by Crippen LogP contribution is -2.63. The Balaban J connectivity index is 1.59. The van der Waals surface area contributed by atoms with Crippen molar-refractivity contribution < 1.29 is 29.0 Å². The van der Waals surface area contributed by atoms with E-state index in [0.29, 0.717) is 13.0 Å². The van der Waals surface area contributed by atoms with Crippen LogP contribution in [-0.4, -0.2) is 80.4 Å². The number of aromatic nitrogens is 1. The number of hydrogen-bond acceptors (Lipinski definition) is 9. The molecular weight excluding hydrogens is 514 g/mol. The van der Waals surface area contributed by atoms with Gasteiger partial charge in [-0.05, 0) is 37.0 Å². The molecule has 0 radical (unpaired) electrons. The average molecular weight is 546 g/mol. The molecule has 3 aliphatic heterocycles. The molecule has 0 aliphatic carbocycles. The number of carbonyl (C=O) groups is 3. The van der Waals surface area contributed by atoms with Crippen LogP contribution in [0.4, 0.5) is 4.79 Å². The van der Waals surface area contributed by atoms with Gasteiger partial charge in [0.25, 0.3) is 0 Å². The second-order valence-corrected chi connectivity index (χ2v) is 11.4. The van der Waals surface area contributed by atoms with Gasteiger partial charge >= 0.3 is 12.1 Å². The standard InChI is InChI=1S/C26H31N3O6S2/c1-5-11-34-25(32)22-23(15(3)21-20(16(4)30)24(31)29(21)22)36-19-13-17(7-8-18-9-10-27-37-18)28(14-19)26(33)35-12-6-2/h5-10,15-17,19-21,30H,1-2,11-14H2,3-4H3/b8-7+/t15-,16-,17-,19+,20-,21-/m1/s1. The predicted molar refractivity (Wildman–Crippen MR) is 142 cm³/mol. The minimum absolute atomic E-state index is 0.0258. The molecule has 1 aromatic rings. The van der Waals surface area contributed by atoms with Gasteiger partial charge in [-0.1, -0.05) is 38.3 Å². The lowest BCUT2D eigenvalue weighted by atomic mass is 9.79. The van der Waals surface area contributed by atoms with E-state index in [0.717, 1.165) is 9.78 Å². The topological polar surface area (TPSA) is 109 Å². The molecule has 3 aliphatic rings. The van der Waals surface area contributed by atoms with Crippen LogP contribution in [-0.2, 0) is 19.1 Å². The van der Waals surface area contributed by atoms with E-state index in [1.807, 2.05) is 25.1 Å². The number of likely N-dealkylation sites (tertiary alicyclic amines) is 1. The number of ether oxygens (including phenoxy) is 2. The van der Waals surface area contributed by atoms with Crippen molar-refractivity contribution in [2.45, 2.75) is 43.7 Å². The Hall–Kier alpha value is -2.89. The average Bonchev–Trinajstić information content (AvgIpc) is 3.58. The van der Waals surface area contributed by atoms with Crippen molar-refractivity contribution in [1.82, 2.24) is 14.2 Å². The number of esters is 1. The highest BCUT2D eigenvalue weighted by Crippen LogP contribution is 2.52. The van der Waals surface area contributed by atoms with Crippen LogP contribution in [0.3, 0.4) is 0 Å². The van der Waals surface area contributed by atoms with Gasteiger partial charge in [0.1, 0.15) is 18.9 Å². The minimum atomic E-state index is -0.825. The molecule has 1 N–H and O–H groups in total. The van der Waals surface area contributed by atoms with Gasteiger partial charge in [-0.2, -0.15) is 0 Å². The maximum absolute atomic E-state index is 13.0. The summed E-state index contributed by atoms with van der Waals surface area (Å²) in [7, 11) is 0. The molecule has 2 saturated heterocycles. The van der Waals surface area contributed by atoms with Crippen molar-refractivity contribution in [2.75, 3.05) is 19.8 Å². The van der Waals surface area contributed by atoms with Crippen LogP contribution >= 0.6 is 23.3 Å². The smallest absolute Gasteiger partial charge is 0.410 e. The summed E-state index contributed by atoms with van der Waals surface area (Å²) in [6, 6.07) is 1.38. The normalized spacial score (nSPS) is 27.8. The Kier molecular flexibility index (Phi) is 8.56. The summed E-state index contributed by atoms with van der Waals surface area (Å²) in [5.41, 5.74) is 0.232. The molecule has 4 heterocycles. The highest BCUT2D eigenvalue weighted by Gasteiger charge is 2.60. The number of carbonyl (C=O) groups excluding carboxylic acids is 3. The fraction of sp³-hybridized carbons (Fsp3) is 0.462. The summed E-state index contributed by atoms with van der Waals surface area (Å²) in [6.45, 7) is 11.3.